The van der Waals surface area contributed by atoms with Crippen LogP contribution in [0, 0.1) is 0 Å². The Bertz CT molecular complexity index is 578. The van der Waals surface area contributed by atoms with Crippen LogP contribution in [0.1, 0.15) is 34.5 Å². The third-order valence-corrected chi connectivity index (χ3v) is 4.25. The molecule has 2 aromatic rings. The molecule has 1 aromatic carbocycles. The molecule has 0 saturated heterocycles. The van der Waals surface area contributed by atoms with Crippen molar-refractivity contribution in [2.75, 3.05) is 0 Å². The van der Waals surface area contributed by atoms with E-state index >= 15 is 0 Å². The number of hydrogen-bond acceptors (Lipinski definition) is 2. The molecule has 1 atom stereocenters. The minimum Gasteiger partial charge on any atom is -0.324 e. The van der Waals surface area contributed by atoms with Gasteiger partial charge in [0.05, 0.1) is 0 Å². The molecule has 0 saturated carbocycles. The SMILES string of the molecule is CC(N)c1ccccc1C1=CCc2ccsc21. The Balaban J connectivity index is 2.13. The fraction of sp³-hybridized carbons (Fsp3) is 0.200. The molecule has 0 aliphatic heterocycles. The molecular weight excluding hydrogens is 226 g/mol. The average molecular weight is 241 g/mol. The summed E-state index contributed by atoms with van der Waals surface area (Å²) in [6.07, 6.45) is 3.38. The summed E-state index contributed by atoms with van der Waals surface area (Å²) >= 11 is 1.83. The summed E-state index contributed by atoms with van der Waals surface area (Å²) in [7, 11) is 0. The third kappa shape index (κ3) is 1.74. The molecular formula is C15H15NS. The van der Waals surface area contributed by atoms with E-state index in [0.29, 0.717) is 0 Å². The van der Waals surface area contributed by atoms with Gasteiger partial charge < -0.3 is 5.73 Å². The summed E-state index contributed by atoms with van der Waals surface area (Å²) in [6, 6.07) is 10.8. The van der Waals surface area contributed by atoms with Crippen molar-refractivity contribution >= 4 is 16.9 Å². The van der Waals surface area contributed by atoms with Gasteiger partial charge in [0.1, 0.15) is 0 Å². The molecule has 0 radical (unpaired) electrons. The topological polar surface area (TPSA) is 26.0 Å². The first-order valence-electron chi connectivity index (χ1n) is 5.89. The highest BCUT2D eigenvalue weighted by atomic mass is 32.1. The van der Waals surface area contributed by atoms with Gasteiger partial charge in [0.2, 0.25) is 0 Å². The Morgan fingerprint density at radius 1 is 1.24 bits per heavy atom. The summed E-state index contributed by atoms with van der Waals surface area (Å²) in [5, 5.41) is 2.17. The Labute approximate surface area is 106 Å². The van der Waals surface area contributed by atoms with Crippen LogP contribution < -0.4 is 5.73 Å². The van der Waals surface area contributed by atoms with E-state index in [9.17, 15) is 0 Å². The standard InChI is InChI=1S/C15H15NS/c1-10(16)12-4-2-3-5-13(12)14-7-6-11-8-9-17-15(11)14/h2-5,7-10H,6,16H2,1H3. The molecule has 1 aromatic heterocycles. The van der Waals surface area contributed by atoms with Crippen molar-refractivity contribution < 1.29 is 0 Å². The molecule has 17 heavy (non-hydrogen) atoms. The van der Waals surface area contributed by atoms with Crippen LogP contribution in [0.3, 0.4) is 0 Å². The predicted octanol–water partition coefficient (Wildman–Crippen LogP) is 3.76. The molecule has 1 aliphatic carbocycles. The predicted molar refractivity (Wildman–Crippen MR) is 74.1 cm³/mol. The minimum absolute atomic E-state index is 0.0797. The van der Waals surface area contributed by atoms with Crippen LogP contribution in [0.25, 0.3) is 5.57 Å². The smallest absolute Gasteiger partial charge is 0.0380 e. The first kappa shape index (κ1) is 10.8. The summed E-state index contributed by atoms with van der Waals surface area (Å²) in [6.45, 7) is 2.05. The lowest BCUT2D eigenvalue weighted by Gasteiger charge is -2.13. The lowest BCUT2D eigenvalue weighted by molar-refractivity contribution is 0.815. The summed E-state index contributed by atoms with van der Waals surface area (Å²) in [5.41, 5.74) is 11.4. The van der Waals surface area contributed by atoms with Crippen LogP contribution in [0.4, 0.5) is 0 Å². The van der Waals surface area contributed by atoms with Crippen LogP contribution in [0.15, 0.2) is 41.8 Å². The van der Waals surface area contributed by atoms with Crippen LogP contribution >= 0.6 is 11.3 Å². The van der Waals surface area contributed by atoms with Crippen molar-refractivity contribution in [1.82, 2.24) is 0 Å². The summed E-state index contributed by atoms with van der Waals surface area (Å²) < 4.78 is 0. The maximum atomic E-state index is 6.05. The Kier molecular flexibility index (Phi) is 2.61. The van der Waals surface area contributed by atoms with Gasteiger partial charge in [-0.05, 0) is 47.1 Å². The first-order chi connectivity index (χ1) is 8.27. The molecule has 1 aliphatic rings. The normalized spacial score (nSPS) is 15.5. The van der Waals surface area contributed by atoms with E-state index in [0.717, 1.165) is 6.42 Å². The third-order valence-electron chi connectivity index (χ3n) is 3.26. The van der Waals surface area contributed by atoms with Crippen molar-refractivity contribution in [1.29, 1.82) is 0 Å². The molecule has 1 nitrogen and oxygen atoms in total. The Morgan fingerprint density at radius 3 is 2.88 bits per heavy atom. The van der Waals surface area contributed by atoms with Crippen LogP contribution in [0.2, 0.25) is 0 Å². The Morgan fingerprint density at radius 2 is 2.06 bits per heavy atom. The monoisotopic (exact) mass is 241 g/mol. The van der Waals surface area contributed by atoms with Crippen LogP contribution in [-0.2, 0) is 6.42 Å². The van der Waals surface area contributed by atoms with Gasteiger partial charge in [-0.15, -0.1) is 11.3 Å². The lowest BCUT2D eigenvalue weighted by Crippen LogP contribution is -2.07. The van der Waals surface area contributed by atoms with E-state index in [1.807, 2.05) is 18.3 Å². The van der Waals surface area contributed by atoms with Crippen molar-refractivity contribution in [3.8, 4) is 0 Å². The zero-order valence-corrected chi connectivity index (χ0v) is 10.6. The van der Waals surface area contributed by atoms with Crippen molar-refractivity contribution in [3.63, 3.8) is 0 Å². The molecule has 2 heteroatoms. The largest absolute Gasteiger partial charge is 0.324 e. The maximum Gasteiger partial charge on any atom is 0.0380 e. The number of benzene rings is 1. The highest BCUT2D eigenvalue weighted by molar-refractivity contribution is 7.11. The van der Waals surface area contributed by atoms with Gasteiger partial charge in [-0.25, -0.2) is 0 Å². The van der Waals surface area contributed by atoms with Crippen LogP contribution in [-0.4, -0.2) is 0 Å². The number of allylic oxidation sites excluding steroid dienone is 1. The first-order valence-corrected chi connectivity index (χ1v) is 6.77. The van der Waals surface area contributed by atoms with Crippen molar-refractivity contribution in [2.45, 2.75) is 19.4 Å². The second-order valence-corrected chi connectivity index (χ2v) is 5.39. The fourth-order valence-electron chi connectivity index (χ4n) is 2.41. The van der Waals surface area contributed by atoms with Gasteiger partial charge in [-0.3, -0.25) is 0 Å². The van der Waals surface area contributed by atoms with Gasteiger partial charge in [0.15, 0.2) is 0 Å². The highest BCUT2D eigenvalue weighted by Crippen LogP contribution is 2.38. The molecule has 0 spiro atoms. The molecule has 86 valence electrons. The number of thiophene rings is 1. The van der Waals surface area contributed by atoms with Gasteiger partial charge in [0, 0.05) is 10.9 Å². The highest BCUT2D eigenvalue weighted by Gasteiger charge is 2.19. The molecule has 0 fully saturated rings. The molecule has 0 amide bonds. The lowest BCUT2D eigenvalue weighted by atomic mass is 9.96. The average Bonchev–Trinajstić information content (AvgIpc) is 2.90. The Hall–Kier alpha value is -1.38. The second-order valence-electron chi connectivity index (χ2n) is 4.47. The maximum absolute atomic E-state index is 6.05. The number of rotatable bonds is 2. The van der Waals surface area contributed by atoms with Gasteiger partial charge in [-0.1, -0.05) is 30.3 Å². The van der Waals surface area contributed by atoms with E-state index in [-0.39, 0.29) is 6.04 Å². The van der Waals surface area contributed by atoms with Gasteiger partial charge in [-0.2, -0.15) is 0 Å². The zero-order chi connectivity index (χ0) is 11.8. The molecule has 0 bridgehead atoms. The van der Waals surface area contributed by atoms with E-state index in [1.165, 1.54) is 27.1 Å². The van der Waals surface area contributed by atoms with E-state index in [4.69, 9.17) is 5.73 Å². The second kappa shape index (κ2) is 4.13. The zero-order valence-electron chi connectivity index (χ0n) is 9.81. The molecule has 1 heterocycles. The van der Waals surface area contributed by atoms with Gasteiger partial charge >= 0.3 is 0 Å². The fourth-order valence-corrected chi connectivity index (χ4v) is 3.40. The number of nitrogens with two attached hydrogens (primary N) is 1. The van der Waals surface area contributed by atoms with Crippen LogP contribution in [0.5, 0.6) is 0 Å². The summed E-state index contributed by atoms with van der Waals surface area (Å²) in [4.78, 5) is 1.41. The van der Waals surface area contributed by atoms with E-state index in [2.05, 4.69) is 41.8 Å². The number of fused-ring (bicyclic) bond motifs is 1. The quantitative estimate of drug-likeness (QED) is 0.851. The minimum atomic E-state index is 0.0797. The molecule has 3 rings (SSSR count). The van der Waals surface area contributed by atoms with E-state index < -0.39 is 0 Å². The van der Waals surface area contributed by atoms with Crippen molar-refractivity contribution in [2.24, 2.45) is 5.73 Å². The molecule has 2 N–H and O–H groups in total. The number of hydrogen-bond donors (Lipinski definition) is 1. The molecule has 1 unspecified atom stereocenters. The summed E-state index contributed by atoms with van der Waals surface area (Å²) in [5.74, 6) is 0. The van der Waals surface area contributed by atoms with Gasteiger partial charge in [0.25, 0.3) is 0 Å². The van der Waals surface area contributed by atoms with Crippen molar-refractivity contribution in [3.05, 3.63) is 63.4 Å². The van der Waals surface area contributed by atoms with E-state index in [1.54, 1.807) is 0 Å².